The van der Waals surface area contributed by atoms with Gasteiger partial charge in [0.1, 0.15) is 6.04 Å². The van der Waals surface area contributed by atoms with E-state index in [-0.39, 0.29) is 5.91 Å². The lowest BCUT2D eigenvalue weighted by Crippen LogP contribution is -2.55. The molecule has 3 amide bonds. The third-order valence-electron chi connectivity index (χ3n) is 3.78. The van der Waals surface area contributed by atoms with Gasteiger partial charge in [-0.15, -0.1) is 0 Å². The lowest BCUT2D eigenvalue weighted by molar-refractivity contribution is -0.125. The summed E-state index contributed by atoms with van der Waals surface area (Å²) in [5, 5.41) is 9.68. The normalized spacial score (nSPS) is 12.4. The molecule has 0 aliphatic carbocycles. The SMILES string of the molecule is CC(C)(C)[C@@H](NC(N)=O)C(=O)NCCc1cnn(-c2ccccc2)c1. The molecule has 0 spiro atoms. The number of carbonyl (C=O) groups is 2. The van der Waals surface area contributed by atoms with Crippen molar-refractivity contribution in [1.29, 1.82) is 0 Å². The Morgan fingerprint density at radius 3 is 2.52 bits per heavy atom. The molecule has 1 atom stereocenters. The number of hydrogen-bond acceptors (Lipinski definition) is 3. The van der Waals surface area contributed by atoms with Crippen LogP contribution in [0.25, 0.3) is 5.69 Å². The second-order valence-corrected chi connectivity index (χ2v) is 6.98. The van der Waals surface area contributed by atoms with Crippen LogP contribution in [0, 0.1) is 5.41 Å². The Kier molecular flexibility index (Phi) is 5.80. The number of carbonyl (C=O) groups excluding carboxylic acids is 2. The fourth-order valence-electron chi connectivity index (χ4n) is 2.46. The molecule has 1 aromatic carbocycles. The van der Waals surface area contributed by atoms with E-state index in [1.165, 1.54) is 0 Å². The van der Waals surface area contributed by atoms with E-state index in [4.69, 9.17) is 5.73 Å². The lowest BCUT2D eigenvalue weighted by Gasteiger charge is -2.29. The minimum Gasteiger partial charge on any atom is -0.354 e. The Morgan fingerprint density at radius 2 is 1.92 bits per heavy atom. The van der Waals surface area contributed by atoms with Crippen molar-refractivity contribution in [2.24, 2.45) is 11.1 Å². The fraction of sp³-hybridized carbons (Fsp3) is 0.389. The topological polar surface area (TPSA) is 102 Å². The third-order valence-corrected chi connectivity index (χ3v) is 3.78. The Labute approximate surface area is 147 Å². The monoisotopic (exact) mass is 343 g/mol. The van der Waals surface area contributed by atoms with Crippen molar-refractivity contribution in [3.8, 4) is 5.69 Å². The molecule has 0 aliphatic heterocycles. The Morgan fingerprint density at radius 1 is 1.24 bits per heavy atom. The van der Waals surface area contributed by atoms with E-state index < -0.39 is 17.5 Å². The molecule has 0 bridgehead atoms. The summed E-state index contributed by atoms with van der Waals surface area (Å²) in [6.07, 6.45) is 4.36. The number of urea groups is 1. The van der Waals surface area contributed by atoms with Gasteiger partial charge in [0.05, 0.1) is 11.9 Å². The summed E-state index contributed by atoms with van der Waals surface area (Å²) in [6.45, 7) is 6.07. The van der Waals surface area contributed by atoms with Crippen LogP contribution in [-0.2, 0) is 11.2 Å². The van der Waals surface area contributed by atoms with Gasteiger partial charge in [-0.05, 0) is 29.5 Å². The van der Waals surface area contributed by atoms with Crippen molar-refractivity contribution in [2.75, 3.05) is 6.54 Å². The molecule has 0 saturated carbocycles. The summed E-state index contributed by atoms with van der Waals surface area (Å²) >= 11 is 0. The zero-order valence-corrected chi connectivity index (χ0v) is 14.8. The maximum absolute atomic E-state index is 12.3. The molecular weight excluding hydrogens is 318 g/mol. The first-order chi connectivity index (χ1) is 11.8. The van der Waals surface area contributed by atoms with Crippen LogP contribution in [0.1, 0.15) is 26.3 Å². The van der Waals surface area contributed by atoms with Gasteiger partial charge in [-0.3, -0.25) is 4.79 Å². The van der Waals surface area contributed by atoms with Gasteiger partial charge in [-0.25, -0.2) is 9.48 Å². The average molecular weight is 343 g/mol. The van der Waals surface area contributed by atoms with Gasteiger partial charge in [-0.1, -0.05) is 39.0 Å². The van der Waals surface area contributed by atoms with E-state index in [9.17, 15) is 9.59 Å². The average Bonchev–Trinajstić information content (AvgIpc) is 3.01. The molecule has 2 rings (SSSR count). The van der Waals surface area contributed by atoms with Gasteiger partial charge in [-0.2, -0.15) is 5.10 Å². The zero-order chi connectivity index (χ0) is 18.4. The van der Waals surface area contributed by atoms with Crippen molar-refractivity contribution >= 4 is 11.9 Å². The first kappa shape index (κ1) is 18.5. The van der Waals surface area contributed by atoms with Crippen molar-refractivity contribution in [2.45, 2.75) is 33.2 Å². The minimum absolute atomic E-state index is 0.248. The molecule has 1 aromatic heterocycles. The smallest absolute Gasteiger partial charge is 0.312 e. The highest BCUT2D eigenvalue weighted by atomic mass is 16.2. The molecule has 0 saturated heterocycles. The largest absolute Gasteiger partial charge is 0.354 e. The number of aromatic nitrogens is 2. The number of hydrogen-bond donors (Lipinski definition) is 3. The maximum atomic E-state index is 12.3. The molecule has 25 heavy (non-hydrogen) atoms. The highest BCUT2D eigenvalue weighted by Gasteiger charge is 2.31. The summed E-state index contributed by atoms with van der Waals surface area (Å²) in [4.78, 5) is 23.5. The Bertz CT molecular complexity index is 719. The summed E-state index contributed by atoms with van der Waals surface area (Å²) in [5.41, 5.74) is 6.73. The lowest BCUT2D eigenvalue weighted by atomic mass is 9.86. The summed E-state index contributed by atoms with van der Waals surface area (Å²) in [6, 6.07) is 8.42. The molecule has 0 radical (unpaired) electrons. The van der Waals surface area contributed by atoms with Gasteiger partial charge in [0.2, 0.25) is 5.91 Å². The molecule has 7 nitrogen and oxygen atoms in total. The van der Waals surface area contributed by atoms with Gasteiger partial charge in [0, 0.05) is 12.7 Å². The van der Waals surface area contributed by atoms with Crippen LogP contribution in [0.5, 0.6) is 0 Å². The molecule has 4 N–H and O–H groups in total. The minimum atomic E-state index is -0.709. The molecule has 7 heteroatoms. The van der Waals surface area contributed by atoms with Crippen LogP contribution in [0.4, 0.5) is 4.79 Å². The maximum Gasteiger partial charge on any atom is 0.312 e. The number of amides is 3. The number of benzene rings is 1. The van der Waals surface area contributed by atoms with E-state index >= 15 is 0 Å². The van der Waals surface area contributed by atoms with Crippen molar-refractivity contribution in [3.63, 3.8) is 0 Å². The quantitative estimate of drug-likeness (QED) is 0.742. The number of nitrogens with one attached hydrogen (secondary N) is 2. The highest BCUT2D eigenvalue weighted by molar-refractivity contribution is 5.87. The summed E-state index contributed by atoms with van der Waals surface area (Å²) in [7, 11) is 0. The van der Waals surface area contributed by atoms with Crippen molar-refractivity contribution < 1.29 is 9.59 Å². The number of para-hydroxylation sites is 1. The molecule has 0 fully saturated rings. The molecular formula is C18H25N5O2. The number of nitrogens with two attached hydrogens (primary N) is 1. The van der Waals surface area contributed by atoms with Crippen LogP contribution in [0.3, 0.4) is 0 Å². The predicted molar refractivity (Wildman–Crippen MR) is 96.2 cm³/mol. The number of nitrogens with zero attached hydrogens (tertiary/aromatic N) is 2. The standard InChI is InChI=1S/C18H25N5O2/c1-18(2,3)15(22-17(19)25)16(24)20-10-9-13-11-21-23(12-13)14-7-5-4-6-8-14/h4-8,11-12,15H,9-10H2,1-3H3,(H,20,24)(H3,19,22,25)/t15-/m0/s1. The molecule has 0 aliphatic rings. The predicted octanol–water partition coefficient (Wildman–Crippen LogP) is 1.61. The van der Waals surface area contributed by atoms with Crippen LogP contribution in [0.15, 0.2) is 42.7 Å². The van der Waals surface area contributed by atoms with Gasteiger partial charge < -0.3 is 16.4 Å². The fourth-order valence-corrected chi connectivity index (χ4v) is 2.46. The van der Waals surface area contributed by atoms with Crippen LogP contribution in [-0.4, -0.2) is 34.3 Å². The molecule has 1 heterocycles. The second-order valence-electron chi connectivity index (χ2n) is 6.98. The highest BCUT2D eigenvalue weighted by Crippen LogP contribution is 2.19. The van der Waals surface area contributed by atoms with Crippen LogP contribution in [0.2, 0.25) is 0 Å². The van der Waals surface area contributed by atoms with E-state index in [0.717, 1.165) is 11.3 Å². The zero-order valence-electron chi connectivity index (χ0n) is 14.8. The van der Waals surface area contributed by atoms with E-state index in [1.54, 1.807) is 10.9 Å². The summed E-state index contributed by atoms with van der Waals surface area (Å²) < 4.78 is 1.80. The Balaban J connectivity index is 1.90. The first-order valence-electron chi connectivity index (χ1n) is 8.20. The van der Waals surface area contributed by atoms with Crippen molar-refractivity contribution in [3.05, 3.63) is 48.3 Å². The van der Waals surface area contributed by atoms with Crippen LogP contribution < -0.4 is 16.4 Å². The molecule has 2 aromatic rings. The summed E-state index contributed by atoms with van der Waals surface area (Å²) in [5.74, 6) is -0.248. The molecule has 134 valence electrons. The third kappa shape index (κ3) is 5.34. The first-order valence-corrected chi connectivity index (χ1v) is 8.20. The van der Waals surface area contributed by atoms with E-state index in [2.05, 4.69) is 15.7 Å². The number of primary amides is 1. The van der Waals surface area contributed by atoms with E-state index in [1.807, 2.05) is 57.3 Å². The van der Waals surface area contributed by atoms with Gasteiger partial charge in [0.25, 0.3) is 0 Å². The van der Waals surface area contributed by atoms with Crippen LogP contribution >= 0.6 is 0 Å². The number of rotatable bonds is 6. The molecule has 0 unspecified atom stereocenters. The van der Waals surface area contributed by atoms with Gasteiger partial charge in [0.15, 0.2) is 0 Å². The Hall–Kier alpha value is -2.83. The van der Waals surface area contributed by atoms with Crippen molar-refractivity contribution in [1.82, 2.24) is 20.4 Å². The van der Waals surface area contributed by atoms with Gasteiger partial charge >= 0.3 is 6.03 Å². The second kappa shape index (κ2) is 7.83. The van der Waals surface area contributed by atoms with E-state index in [0.29, 0.717) is 13.0 Å².